The summed E-state index contributed by atoms with van der Waals surface area (Å²) >= 11 is 1.67. The van der Waals surface area contributed by atoms with Gasteiger partial charge in [0, 0.05) is 0 Å². The number of aromatic amines is 2. The molecule has 2 aromatic heterocycles. The van der Waals surface area contributed by atoms with Crippen LogP contribution in [0.1, 0.15) is 18.3 Å². The Hall–Kier alpha value is -3.33. The van der Waals surface area contributed by atoms with E-state index < -0.39 is 17.2 Å². The molecule has 8 nitrogen and oxygen atoms in total. The van der Waals surface area contributed by atoms with Crippen molar-refractivity contribution in [3.8, 4) is 0 Å². The van der Waals surface area contributed by atoms with Gasteiger partial charge in [0.05, 0.1) is 28.0 Å². The van der Waals surface area contributed by atoms with Crippen LogP contribution in [0.3, 0.4) is 0 Å². The van der Waals surface area contributed by atoms with Crippen molar-refractivity contribution in [1.82, 2.24) is 24.8 Å². The third-order valence-electron chi connectivity index (χ3n) is 4.87. The van der Waals surface area contributed by atoms with E-state index in [4.69, 9.17) is 0 Å². The summed E-state index contributed by atoms with van der Waals surface area (Å²) in [4.78, 5) is 48.2. The lowest BCUT2D eigenvalue weighted by Gasteiger charge is -2.16. The fourth-order valence-corrected chi connectivity index (χ4v) is 3.85. The first-order valence-corrected chi connectivity index (χ1v) is 10.9. The molecule has 4 aromatic rings. The summed E-state index contributed by atoms with van der Waals surface area (Å²) in [6.45, 7) is -0.366. The Bertz CT molecular complexity index is 1290. The first-order valence-electron chi connectivity index (χ1n) is 9.51. The highest BCUT2D eigenvalue weighted by Gasteiger charge is 2.19. The molecule has 0 saturated carbocycles. The van der Waals surface area contributed by atoms with Crippen LogP contribution in [-0.4, -0.2) is 37.4 Å². The number of H-pyrrole nitrogens is 2. The number of carbonyl (C=O) groups excluding carboxylic acids is 1. The highest BCUT2D eigenvalue weighted by atomic mass is 32.2. The van der Waals surface area contributed by atoms with Crippen molar-refractivity contribution in [2.45, 2.75) is 19.0 Å². The predicted molar refractivity (Wildman–Crippen MR) is 119 cm³/mol. The summed E-state index contributed by atoms with van der Waals surface area (Å²) in [5, 5.41) is 3.28. The summed E-state index contributed by atoms with van der Waals surface area (Å²) < 4.78 is 0.919. The van der Waals surface area contributed by atoms with Gasteiger partial charge in [-0.05, 0) is 42.7 Å². The number of benzene rings is 2. The van der Waals surface area contributed by atoms with Crippen LogP contribution < -0.4 is 16.6 Å². The molecule has 2 heterocycles. The minimum Gasteiger partial charge on any atom is -0.345 e. The number of hydrogen-bond donors (Lipinski definition) is 3. The Morgan fingerprint density at radius 1 is 1.10 bits per heavy atom. The maximum Gasteiger partial charge on any atom is 0.329 e. The number of thioether (sulfide) groups is 1. The minimum atomic E-state index is -0.613. The molecule has 0 fully saturated rings. The number of imidazole rings is 1. The van der Waals surface area contributed by atoms with Gasteiger partial charge in [0.2, 0.25) is 5.91 Å². The molecule has 0 bridgehead atoms. The lowest BCUT2D eigenvalue weighted by Crippen LogP contribution is -2.41. The van der Waals surface area contributed by atoms with Gasteiger partial charge in [0.15, 0.2) is 0 Å². The van der Waals surface area contributed by atoms with Gasteiger partial charge in [-0.1, -0.05) is 24.3 Å². The summed E-state index contributed by atoms with van der Waals surface area (Å²) in [6.07, 6.45) is 2.65. The topological polar surface area (TPSA) is 113 Å². The van der Waals surface area contributed by atoms with E-state index in [0.29, 0.717) is 23.1 Å². The van der Waals surface area contributed by atoms with Crippen LogP contribution in [-0.2, 0) is 11.3 Å². The van der Waals surface area contributed by atoms with Crippen molar-refractivity contribution in [3.05, 3.63) is 75.2 Å². The zero-order valence-electron chi connectivity index (χ0n) is 16.3. The second-order valence-electron chi connectivity index (χ2n) is 6.91. The molecule has 0 aliphatic heterocycles. The van der Waals surface area contributed by atoms with Crippen LogP contribution in [0.5, 0.6) is 0 Å². The van der Waals surface area contributed by atoms with E-state index in [2.05, 4.69) is 20.3 Å². The van der Waals surface area contributed by atoms with Gasteiger partial charge in [-0.25, -0.2) is 9.78 Å². The number of fused-ring (bicyclic) bond motifs is 2. The highest BCUT2D eigenvalue weighted by Crippen LogP contribution is 2.20. The zero-order valence-corrected chi connectivity index (χ0v) is 17.2. The Balaban J connectivity index is 1.59. The molecule has 0 aliphatic carbocycles. The van der Waals surface area contributed by atoms with Crippen LogP contribution in [0.2, 0.25) is 0 Å². The van der Waals surface area contributed by atoms with Gasteiger partial charge in [-0.15, -0.1) is 0 Å². The third-order valence-corrected chi connectivity index (χ3v) is 5.52. The van der Waals surface area contributed by atoms with Crippen LogP contribution in [0.25, 0.3) is 21.9 Å². The van der Waals surface area contributed by atoms with Gasteiger partial charge in [-0.3, -0.25) is 14.2 Å². The molecule has 1 amide bonds. The molecule has 3 N–H and O–H groups in total. The van der Waals surface area contributed by atoms with E-state index in [-0.39, 0.29) is 12.6 Å². The standard InChI is InChI=1S/C21H21N5O3S/c1-30-11-10-17(19-23-15-8-4-5-9-16(15)24-19)22-18(27)12-26-20(28)13-6-2-3-7-14(13)25-21(26)29/h2-9,17H,10-12H2,1H3,(H,22,27)(H,23,24)(H,25,29)/t17-/m0/s1. The minimum absolute atomic E-state index is 0.354. The van der Waals surface area contributed by atoms with Gasteiger partial charge < -0.3 is 15.3 Å². The largest absolute Gasteiger partial charge is 0.345 e. The second kappa shape index (κ2) is 8.58. The molecule has 2 aromatic carbocycles. The Morgan fingerprint density at radius 2 is 1.83 bits per heavy atom. The predicted octanol–water partition coefficient (Wildman–Crippen LogP) is 2.18. The molecule has 4 rings (SSSR count). The van der Waals surface area contributed by atoms with Crippen LogP contribution in [0, 0.1) is 0 Å². The number of nitrogens with one attached hydrogen (secondary N) is 3. The molecule has 0 radical (unpaired) electrons. The van der Waals surface area contributed by atoms with Crippen LogP contribution in [0.15, 0.2) is 58.1 Å². The van der Waals surface area contributed by atoms with E-state index in [1.807, 2.05) is 30.5 Å². The second-order valence-corrected chi connectivity index (χ2v) is 7.89. The number of carbonyl (C=O) groups is 1. The van der Waals surface area contributed by atoms with E-state index in [1.165, 1.54) is 0 Å². The van der Waals surface area contributed by atoms with Crippen molar-refractivity contribution in [2.75, 3.05) is 12.0 Å². The monoisotopic (exact) mass is 423 g/mol. The van der Waals surface area contributed by atoms with Crippen molar-refractivity contribution < 1.29 is 4.79 Å². The Morgan fingerprint density at radius 3 is 2.60 bits per heavy atom. The van der Waals surface area contributed by atoms with Gasteiger partial charge >= 0.3 is 5.69 Å². The summed E-state index contributed by atoms with van der Waals surface area (Å²) in [5.74, 6) is 1.04. The number of rotatable bonds is 7. The van der Waals surface area contributed by atoms with Gasteiger partial charge in [0.1, 0.15) is 12.4 Å². The summed E-state index contributed by atoms with van der Waals surface area (Å²) in [6, 6.07) is 14.0. The molecule has 0 aliphatic rings. The van der Waals surface area contributed by atoms with E-state index in [9.17, 15) is 14.4 Å². The lowest BCUT2D eigenvalue weighted by atomic mass is 10.2. The maximum absolute atomic E-state index is 12.7. The van der Waals surface area contributed by atoms with Crippen LogP contribution in [0.4, 0.5) is 0 Å². The van der Waals surface area contributed by atoms with Crippen LogP contribution >= 0.6 is 11.8 Å². The molecule has 1 atom stereocenters. The molecule has 9 heteroatoms. The fraction of sp³-hybridized carbons (Fsp3) is 0.238. The average Bonchev–Trinajstić information content (AvgIpc) is 3.18. The molecule has 154 valence electrons. The zero-order chi connectivity index (χ0) is 21.1. The Labute approximate surface area is 175 Å². The Kier molecular flexibility index (Phi) is 5.71. The number of hydrogen-bond acceptors (Lipinski definition) is 5. The van der Waals surface area contributed by atoms with E-state index in [0.717, 1.165) is 21.4 Å². The summed E-state index contributed by atoms with van der Waals surface area (Å²) in [5.41, 5.74) is 1.05. The van der Waals surface area contributed by atoms with Gasteiger partial charge in [0.25, 0.3) is 5.56 Å². The van der Waals surface area contributed by atoms with E-state index in [1.54, 1.807) is 36.0 Å². The first kappa shape index (κ1) is 20.0. The van der Waals surface area contributed by atoms with Crippen molar-refractivity contribution in [2.24, 2.45) is 0 Å². The number of aromatic nitrogens is 4. The van der Waals surface area contributed by atoms with Crippen molar-refractivity contribution in [3.63, 3.8) is 0 Å². The number of para-hydroxylation sites is 3. The fourth-order valence-electron chi connectivity index (χ4n) is 3.38. The molecule has 0 spiro atoms. The molecule has 0 saturated heterocycles. The number of amides is 1. The molecular formula is C21H21N5O3S. The highest BCUT2D eigenvalue weighted by molar-refractivity contribution is 7.98. The van der Waals surface area contributed by atoms with Gasteiger partial charge in [-0.2, -0.15) is 11.8 Å². The normalized spacial score (nSPS) is 12.3. The van der Waals surface area contributed by atoms with Crippen molar-refractivity contribution >= 4 is 39.6 Å². The lowest BCUT2D eigenvalue weighted by molar-refractivity contribution is -0.122. The SMILES string of the molecule is CSCC[C@H](NC(=O)Cn1c(=O)[nH]c2ccccc2c1=O)c1nc2ccccc2[nH]1. The third kappa shape index (κ3) is 4.02. The van der Waals surface area contributed by atoms with E-state index >= 15 is 0 Å². The smallest absolute Gasteiger partial charge is 0.329 e. The average molecular weight is 423 g/mol. The summed E-state index contributed by atoms with van der Waals surface area (Å²) in [7, 11) is 0. The van der Waals surface area contributed by atoms with Crippen molar-refractivity contribution in [1.29, 1.82) is 0 Å². The first-order chi connectivity index (χ1) is 14.6. The molecule has 30 heavy (non-hydrogen) atoms. The maximum atomic E-state index is 12.7. The molecular weight excluding hydrogens is 402 g/mol. The molecule has 0 unspecified atom stereocenters. The quantitative estimate of drug-likeness (QED) is 0.422. The number of nitrogens with zero attached hydrogens (tertiary/aromatic N) is 2.